The molecule has 0 amide bonds. The molecule has 0 aliphatic carbocycles. The van der Waals surface area contributed by atoms with Gasteiger partial charge in [-0.25, -0.2) is 13.1 Å². The number of hydrogen-bond acceptors (Lipinski definition) is 5. The van der Waals surface area contributed by atoms with Crippen LogP contribution >= 0.6 is 0 Å². The SMILES string of the molecule is Nc1nn(-c2ccccc2)nc1S(=O)(=O)NCc1ccccc1. The van der Waals surface area contributed by atoms with Gasteiger partial charge >= 0.3 is 0 Å². The van der Waals surface area contributed by atoms with E-state index in [-0.39, 0.29) is 17.4 Å². The lowest BCUT2D eigenvalue weighted by molar-refractivity contribution is 0.575. The summed E-state index contributed by atoms with van der Waals surface area (Å²) in [6.45, 7) is 0.154. The lowest BCUT2D eigenvalue weighted by Gasteiger charge is -2.04. The highest BCUT2D eigenvalue weighted by molar-refractivity contribution is 7.89. The highest BCUT2D eigenvalue weighted by Crippen LogP contribution is 2.15. The molecule has 3 aromatic rings. The maximum atomic E-state index is 12.4. The molecule has 0 saturated heterocycles. The van der Waals surface area contributed by atoms with Crippen molar-refractivity contribution in [3.8, 4) is 5.69 Å². The molecular formula is C15H15N5O2S. The monoisotopic (exact) mass is 329 g/mol. The van der Waals surface area contributed by atoms with Crippen LogP contribution in [0.3, 0.4) is 0 Å². The second kappa shape index (κ2) is 6.19. The largest absolute Gasteiger partial charge is 0.380 e. The van der Waals surface area contributed by atoms with E-state index < -0.39 is 10.0 Å². The zero-order chi connectivity index (χ0) is 16.3. The first kappa shape index (κ1) is 15.2. The fraction of sp³-hybridized carbons (Fsp3) is 0.0667. The van der Waals surface area contributed by atoms with Crippen molar-refractivity contribution in [3.05, 3.63) is 66.2 Å². The van der Waals surface area contributed by atoms with Crippen molar-refractivity contribution in [1.29, 1.82) is 0 Å². The summed E-state index contributed by atoms with van der Waals surface area (Å²) in [6.07, 6.45) is 0. The average Bonchev–Trinajstić information content (AvgIpc) is 2.98. The Morgan fingerprint density at radius 1 is 0.957 bits per heavy atom. The fourth-order valence-electron chi connectivity index (χ4n) is 2.02. The second-order valence-electron chi connectivity index (χ2n) is 4.83. The van der Waals surface area contributed by atoms with Crippen LogP contribution in [0.15, 0.2) is 65.7 Å². The number of anilines is 1. The van der Waals surface area contributed by atoms with Crippen LogP contribution in [-0.4, -0.2) is 23.4 Å². The summed E-state index contributed by atoms with van der Waals surface area (Å²) in [5.41, 5.74) is 7.19. The number of nitrogen functional groups attached to an aromatic ring is 1. The molecule has 0 atom stereocenters. The summed E-state index contributed by atoms with van der Waals surface area (Å²) < 4.78 is 27.2. The maximum absolute atomic E-state index is 12.4. The molecule has 1 aromatic heterocycles. The van der Waals surface area contributed by atoms with Gasteiger partial charge < -0.3 is 5.73 Å². The average molecular weight is 329 g/mol. The van der Waals surface area contributed by atoms with Crippen molar-refractivity contribution in [2.45, 2.75) is 11.6 Å². The van der Waals surface area contributed by atoms with Crippen LogP contribution in [0.4, 0.5) is 5.82 Å². The molecule has 2 aromatic carbocycles. The number of nitrogens with two attached hydrogens (primary N) is 1. The molecule has 0 spiro atoms. The molecule has 0 unspecified atom stereocenters. The number of benzene rings is 2. The van der Waals surface area contributed by atoms with Gasteiger partial charge in [-0.15, -0.1) is 15.0 Å². The first-order valence-electron chi connectivity index (χ1n) is 6.88. The van der Waals surface area contributed by atoms with Gasteiger partial charge in [0, 0.05) is 6.54 Å². The van der Waals surface area contributed by atoms with Crippen molar-refractivity contribution < 1.29 is 8.42 Å². The zero-order valence-electron chi connectivity index (χ0n) is 12.1. The summed E-state index contributed by atoms with van der Waals surface area (Å²) >= 11 is 0. The molecular weight excluding hydrogens is 314 g/mol. The number of para-hydroxylation sites is 1. The Bertz CT molecular complexity index is 892. The summed E-state index contributed by atoms with van der Waals surface area (Å²) in [6, 6.07) is 18.2. The van der Waals surface area contributed by atoms with Crippen LogP contribution in [-0.2, 0) is 16.6 Å². The molecule has 0 fully saturated rings. The second-order valence-corrected chi connectivity index (χ2v) is 6.51. The van der Waals surface area contributed by atoms with Gasteiger partial charge in [0.25, 0.3) is 10.0 Å². The fourth-order valence-corrected chi connectivity index (χ4v) is 3.01. The number of rotatable bonds is 5. The minimum atomic E-state index is -3.85. The summed E-state index contributed by atoms with van der Waals surface area (Å²) in [4.78, 5) is 1.20. The highest BCUT2D eigenvalue weighted by atomic mass is 32.2. The van der Waals surface area contributed by atoms with E-state index in [9.17, 15) is 8.42 Å². The number of nitrogens with zero attached hydrogens (tertiary/aromatic N) is 3. The Morgan fingerprint density at radius 2 is 1.57 bits per heavy atom. The molecule has 0 saturated carbocycles. The van der Waals surface area contributed by atoms with E-state index in [0.717, 1.165) is 5.56 Å². The van der Waals surface area contributed by atoms with E-state index in [1.165, 1.54) is 4.80 Å². The molecule has 23 heavy (non-hydrogen) atoms. The third-order valence-electron chi connectivity index (χ3n) is 3.16. The van der Waals surface area contributed by atoms with E-state index in [0.29, 0.717) is 5.69 Å². The predicted octanol–water partition coefficient (Wildman–Crippen LogP) is 1.33. The molecule has 7 nitrogen and oxygen atoms in total. The van der Waals surface area contributed by atoms with Crippen LogP contribution in [0.5, 0.6) is 0 Å². The van der Waals surface area contributed by atoms with Gasteiger partial charge in [0.05, 0.1) is 5.69 Å². The Labute approximate surface area is 133 Å². The van der Waals surface area contributed by atoms with E-state index in [1.54, 1.807) is 24.3 Å². The van der Waals surface area contributed by atoms with E-state index in [2.05, 4.69) is 14.9 Å². The Balaban J connectivity index is 1.84. The first-order chi connectivity index (χ1) is 11.1. The Hall–Kier alpha value is -2.71. The quantitative estimate of drug-likeness (QED) is 0.735. The van der Waals surface area contributed by atoms with Crippen LogP contribution in [0, 0.1) is 0 Å². The van der Waals surface area contributed by atoms with Gasteiger partial charge in [-0.1, -0.05) is 48.5 Å². The normalized spacial score (nSPS) is 11.5. The van der Waals surface area contributed by atoms with E-state index in [1.807, 2.05) is 36.4 Å². The first-order valence-corrected chi connectivity index (χ1v) is 8.36. The molecule has 8 heteroatoms. The standard InChI is InChI=1S/C15H15N5O2S/c16-14-15(19-20(18-14)13-9-5-2-6-10-13)23(21,22)17-11-12-7-3-1-4-8-12/h1-10,17H,11H2,(H2,16,18). The predicted molar refractivity (Wildman–Crippen MR) is 86.2 cm³/mol. The number of aromatic nitrogens is 3. The molecule has 0 aliphatic heterocycles. The summed E-state index contributed by atoms with van der Waals surface area (Å²) in [5.74, 6) is -0.144. The maximum Gasteiger partial charge on any atom is 0.264 e. The third-order valence-corrected chi connectivity index (χ3v) is 4.48. The van der Waals surface area contributed by atoms with Crippen molar-refractivity contribution in [3.63, 3.8) is 0 Å². The van der Waals surface area contributed by atoms with Gasteiger partial charge in [0.1, 0.15) is 0 Å². The smallest absolute Gasteiger partial charge is 0.264 e. The topological polar surface area (TPSA) is 103 Å². The van der Waals surface area contributed by atoms with Gasteiger partial charge in [-0.05, 0) is 17.7 Å². The number of hydrogen-bond donors (Lipinski definition) is 2. The third kappa shape index (κ3) is 3.38. The van der Waals surface area contributed by atoms with Crippen molar-refractivity contribution >= 4 is 15.8 Å². The summed E-state index contributed by atoms with van der Waals surface area (Å²) in [5, 5.41) is 7.68. The molecule has 0 bridgehead atoms. The molecule has 0 radical (unpaired) electrons. The van der Waals surface area contributed by atoms with E-state index in [4.69, 9.17) is 5.73 Å². The van der Waals surface area contributed by atoms with Gasteiger partial charge in [-0.2, -0.15) is 0 Å². The van der Waals surface area contributed by atoms with Crippen LogP contribution < -0.4 is 10.5 Å². The lowest BCUT2D eigenvalue weighted by Crippen LogP contribution is -2.24. The van der Waals surface area contributed by atoms with Gasteiger partial charge in [0.15, 0.2) is 5.82 Å². The van der Waals surface area contributed by atoms with Gasteiger partial charge in [-0.3, -0.25) is 0 Å². The van der Waals surface area contributed by atoms with Gasteiger partial charge in [0.2, 0.25) is 5.03 Å². The van der Waals surface area contributed by atoms with Crippen molar-refractivity contribution in [2.75, 3.05) is 5.73 Å². The van der Waals surface area contributed by atoms with E-state index >= 15 is 0 Å². The molecule has 1 heterocycles. The summed E-state index contributed by atoms with van der Waals surface area (Å²) in [7, 11) is -3.85. The number of nitrogens with one attached hydrogen (secondary N) is 1. The molecule has 0 aliphatic rings. The lowest BCUT2D eigenvalue weighted by atomic mass is 10.2. The number of sulfonamides is 1. The van der Waals surface area contributed by atoms with Crippen LogP contribution in [0.25, 0.3) is 5.69 Å². The van der Waals surface area contributed by atoms with Crippen LogP contribution in [0.1, 0.15) is 5.56 Å². The Morgan fingerprint density at radius 3 is 2.22 bits per heavy atom. The Kier molecular flexibility index (Phi) is 4.09. The minimum Gasteiger partial charge on any atom is -0.380 e. The molecule has 118 valence electrons. The van der Waals surface area contributed by atoms with Crippen LogP contribution in [0.2, 0.25) is 0 Å². The highest BCUT2D eigenvalue weighted by Gasteiger charge is 2.23. The zero-order valence-corrected chi connectivity index (χ0v) is 12.9. The molecule has 3 rings (SSSR count). The van der Waals surface area contributed by atoms with Crippen molar-refractivity contribution in [2.24, 2.45) is 0 Å². The van der Waals surface area contributed by atoms with Crippen molar-refractivity contribution in [1.82, 2.24) is 19.7 Å². The minimum absolute atomic E-state index is 0.144. The molecule has 3 N–H and O–H groups in total.